The minimum absolute atomic E-state index is 0.119. The minimum Gasteiger partial charge on any atom is -0.407 e. The Morgan fingerprint density at radius 3 is 2.46 bits per heavy atom. The van der Waals surface area contributed by atoms with E-state index in [0.717, 1.165) is 17.8 Å². The van der Waals surface area contributed by atoms with E-state index in [4.69, 9.17) is 4.42 Å². The number of nitrogens with one attached hydrogen (secondary N) is 1. The SMILES string of the molecule is O=C(Cn1c(=O)oc2cc([N+](=O)[O-])ccc21)NCC12CC3CC(CC(C3)C1)C2. The summed E-state index contributed by atoms with van der Waals surface area (Å²) in [6.45, 7) is 0.529. The summed E-state index contributed by atoms with van der Waals surface area (Å²) in [5.41, 5.74) is 0.586. The van der Waals surface area contributed by atoms with Crippen LogP contribution in [0.4, 0.5) is 5.69 Å². The van der Waals surface area contributed by atoms with Gasteiger partial charge < -0.3 is 9.73 Å². The maximum atomic E-state index is 12.6. The lowest BCUT2D eigenvalue weighted by Crippen LogP contribution is -2.51. The molecule has 1 aromatic heterocycles. The van der Waals surface area contributed by atoms with Crippen molar-refractivity contribution in [3.8, 4) is 0 Å². The molecule has 0 atom stereocenters. The van der Waals surface area contributed by atoms with Gasteiger partial charge in [-0.1, -0.05) is 0 Å². The molecule has 0 aliphatic heterocycles. The van der Waals surface area contributed by atoms with Crippen LogP contribution in [0.5, 0.6) is 0 Å². The smallest absolute Gasteiger partial charge is 0.407 e. The van der Waals surface area contributed by atoms with E-state index in [0.29, 0.717) is 12.1 Å². The fourth-order valence-corrected chi connectivity index (χ4v) is 6.31. The number of oxazole rings is 1. The summed E-state index contributed by atoms with van der Waals surface area (Å²) in [6, 6.07) is 3.96. The van der Waals surface area contributed by atoms with E-state index in [1.807, 2.05) is 0 Å². The van der Waals surface area contributed by atoms with Crippen LogP contribution in [0.1, 0.15) is 38.5 Å². The molecule has 8 heteroatoms. The molecule has 28 heavy (non-hydrogen) atoms. The second-order valence-electron chi connectivity index (χ2n) is 9.06. The van der Waals surface area contributed by atoms with Gasteiger partial charge in [-0.25, -0.2) is 4.79 Å². The van der Waals surface area contributed by atoms with Crippen LogP contribution < -0.4 is 11.1 Å². The lowest BCUT2D eigenvalue weighted by atomic mass is 9.49. The molecule has 4 bridgehead atoms. The topological polar surface area (TPSA) is 107 Å². The summed E-state index contributed by atoms with van der Waals surface area (Å²) >= 11 is 0. The van der Waals surface area contributed by atoms with Crippen LogP contribution in [0.3, 0.4) is 0 Å². The van der Waals surface area contributed by atoms with Gasteiger partial charge in [0.25, 0.3) is 5.69 Å². The molecule has 4 aliphatic carbocycles. The molecule has 1 heterocycles. The zero-order valence-electron chi connectivity index (χ0n) is 15.6. The van der Waals surface area contributed by atoms with Gasteiger partial charge in [0.15, 0.2) is 5.58 Å². The van der Waals surface area contributed by atoms with E-state index < -0.39 is 10.7 Å². The van der Waals surface area contributed by atoms with Crippen molar-refractivity contribution >= 4 is 22.7 Å². The second kappa shape index (κ2) is 6.18. The Labute approximate surface area is 161 Å². The van der Waals surface area contributed by atoms with Gasteiger partial charge in [-0.3, -0.25) is 19.5 Å². The molecule has 148 valence electrons. The van der Waals surface area contributed by atoms with Crippen LogP contribution in [0, 0.1) is 33.3 Å². The third-order valence-corrected chi connectivity index (χ3v) is 6.99. The fraction of sp³-hybridized carbons (Fsp3) is 0.600. The van der Waals surface area contributed by atoms with Gasteiger partial charge in [0.05, 0.1) is 16.5 Å². The highest BCUT2D eigenvalue weighted by atomic mass is 16.6. The molecule has 1 amide bonds. The standard InChI is InChI=1S/C20H23N3O5/c24-18(21-11-20-7-12-3-13(8-20)5-14(4-12)9-20)10-22-16-2-1-15(23(26)27)6-17(16)28-19(22)25/h1-2,6,12-14H,3-5,7-11H2,(H,21,24). The average molecular weight is 385 g/mol. The Balaban J connectivity index is 1.29. The summed E-state index contributed by atoms with van der Waals surface area (Å²) in [4.78, 5) is 35.0. The maximum absolute atomic E-state index is 12.6. The Morgan fingerprint density at radius 2 is 1.86 bits per heavy atom. The number of carbonyl (C=O) groups excluding carboxylic acids is 1. The molecule has 0 unspecified atom stereocenters. The molecule has 4 saturated carbocycles. The molecular formula is C20H23N3O5. The van der Waals surface area contributed by atoms with Gasteiger partial charge in [-0.15, -0.1) is 0 Å². The maximum Gasteiger partial charge on any atom is 0.420 e. The van der Waals surface area contributed by atoms with Crippen molar-refractivity contribution < 1.29 is 14.1 Å². The Bertz CT molecular complexity index is 985. The van der Waals surface area contributed by atoms with E-state index in [-0.39, 0.29) is 29.1 Å². The number of fused-ring (bicyclic) bond motifs is 1. The minimum atomic E-state index is -0.680. The number of non-ortho nitro benzene ring substituents is 1. The Hall–Kier alpha value is -2.64. The quantitative estimate of drug-likeness (QED) is 0.629. The summed E-state index contributed by atoms with van der Waals surface area (Å²) in [6.07, 6.45) is 7.69. The van der Waals surface area contributed by atoms with Crippen molar-refractivity contribution in [1.29, 1.82) is 0 Å². The molecule has 1 N–H and O–H groups in total. The number of amides is 1. The highest BCUT2D eigenvalue weighted by Gasteiger charge is 2.50. The Morgan fingerprint density at radius 1 is 1.21 bits per heavy atom. The second-order valence-corrected chi connectivity index (χ2v) is 9.06. The van der Waals surface area contributed by atoms with E-state index in [1.165, 1.54) is 61.3 Å². The number of hydrogen-bond donors (Lipinski definition) is 1. The van der Waals surface area contributed by atoms with E-state index in [9.17, 15) is 19.7 Å². The third kappa shape index (κ3) is 2.91. The molecule has 6 rings (SSSR count). The normalized spacial score (nSPS) is 30.6. The number of hydrogen-bond acceptors (Lipinski definition) is 5. The molecule has 4 fully saturated rings. The van der Waals surface area contributed by atoms with Gasteiger partial charge in [0, 0.05) is 12.6 Å². The summed E-state index contributed by atoms with van der Waals surface area (Å²) < 4.78 is 6.32. The summed E-state index contributed by atoms with van der Waals surface area (Å²) in [7, 11) is 0. The van der Waals surface area contributed by atoms with Crippen LogP contribution in [-0.2, 0) is 11.3 Å². The van der Waals surface area contributed by atoms with Crippen LogP contribution in [0.15, 0.2) is 27.4 Å². The molecular weight excluding hydrogens is 362 g/mol. The molecule has 0 spiro atoms. The first-order valence-electron chi connectivity index (χ1n) is 9.95. The van der Waals surface area contributed by atoms with E-state index in [2.05, 4.69) is 5.32 Å². The number of nitro benzene ring substituents is 1. The first-order valence-corrected chi connectivity index (χ1v) is 9.95. The van der Waals surface area contributed by atoms with Crippen molar-refractivity contribution in [1.82, 2.24) is 9.88 Å². The van der Waals surface area contributed by atoms with Crippen LogP contribution in [-0.4, -0.2) is 21.9 Å². The van der Waals surface area contributed by atoms with Crippen molar-refractivity contribution in [3.63, 3.8) is 0 Å². The largest absolute Gasteiger partial charge is 0.420 e. The van der Waals surface area contributed by atoms with Crippen LogP contribution in [0.2, 0.25) is 0 Å². The third-order valence-electron chi connectivity index (χ3n) is 6.99. The van der Waals surface area contributed by atoms with Gasteiger partial charge in [0.1, 0.15) is 6.54 Å². The lowest BCUT2D eigenvalue weighted by Gasteiger charge is -2.56. The summed E-state index contributed by atoms with van der Waals surface area (Å²) in [5.74, 6) is 1.55. The average Bonchev–Trinajstić information content (AvgIpc) is 2.93. The number of carbonyl (C=O) groups is 1. The molecule has 0 saturated heterocycles. The first-order chi connectivity index (χ1) is 13.4. The molecule has 4 aliphatic rings. The summed E-state index contributed by atoms with van der Waals surface area (Å²) in [5, 5.41) is 13.9. The van der Waals surface area contributed by atoms with Gasteiger partial charge in [-0.2, -0.15) is 0 Å². The van der Waals surface area contributed by atoms with Gasteiger partial charge in [-0.05, 0) is 67.8 Å². The fourth-order valence-electron chi connectivity index (χ4n) is 6.31. The first kappa shape index (κ1) is 17.5. The predicted octanol–water partition coefficient (Wildman–Crippen LogP) is 2.84. The predicted molar refractivity (Wildman–Crippen MR) is 101 cm³/mol. The zero-order chi connectivity index (χ0) is 19.5. The number of aromatic nitrogens is 1. The molecule has 8 nitrogen and oxygen atoms in total. The van der Waals surface area contributed by atoms with Gasteiger partial charge in [0.2, 0.25) is 5.91 Å². The number of nitrogens with zero attached hydrogens (tertiary/aromatic N) is 2. The van der Waals surface area contributed by atoms with Gasteiger partial charge >= 0.3 is 5.76 Å². The van der Waals surface area contributed by atoms with Crippen LogP contribution in [0.25, 0.3) is 11.1 Å². The molecule has 1 aromatic carbocycles. The number of benzene rings is 1. The number of rotatable bonds is 5. The van der Waals surface area contributed by atoms with Crippen molar-refractivity contribution in [2.75, 3.05) is 6.54 Å². The van der Waals surface area contributed by atoms with Crippen molar-refractivity contribution in [3.05, 3.63) is 38.9 Å². The highest BCUT2D eigenvalue weighted by molar-refractivity contribution is 5.80. The molecule has 0 radical (unpaired) electrons. The Kier molecular flexibility index (Phi) is 3.86. The van der Waals surface area contributed by atoms with Crippen LogP contribution >= 0.6 is 0 Å². The molecule has 2 aromatic rings. The monoisotopic (exact) mass is 385 g/mol. The lowest BCUT2D eigenvalue weighted by molar-refractivity contribution is -0.384. The zero-order valence-corrected chi connectivity index (χ0v) is 15.6. The highest BCUT2D eigenvalue weighted by Crippen LogP contribution is 2.59. The van der Waals surface area contributed by atoms with Crippen molar-refractivity contribution in [2.45, 2.75) is 45.1 Å². The number of nitro groups is 1. The van der Waals surface area contributed by atoms with E-state index in [1.54, 1.807) is 0 Å². The van der Waals surface area contributed by atoms with Crippen molar-refractivity contribution in [2.24, 2.45) is 23.2 Å². The van der Waals surface area contributed by atoms with E-state index >= 15 is 0 Å².